The van der Waals surface area contributed by atoms with E-state index in [1.165, 1.54) is 0 Å². The molecule has 2 aromatic rings. The fourth-order valence-corrected chi connectivity index (χ4v) is 1.74. The molecule has 0 aliphatic carbocycles. The number of hydrogen-bond donors (Lipinski definition) is 1. The van der Waals surface area contributed by atoms with Crippen LogP contribution in [0.3, 0.4) is 0 Å². The maximum Gasteiger partial charge on any atom is 0.128 e. The van der Waals surface area contributed by atoms with Gasteiger partial charge in [0.2, 0.25) is 0 Å². The molecule has 5 heteroatoms. The average molecular weight is 255 g/mol. The molecule has 0 aliphatic heterocycles. The Morgan fingerprint density at radius 1 is 1.50 bits per heavy atom. The van der Waals surface area contributed by atoms with Crippen LogP contribution in [0.5, 0.6) is 0 Å². The van der Waals surface area contributed by atoms with Gasteiger partial charge in [-0.25, -0.2) is 4.98 Å². The van der Waals surface area contributed by atoms with Gasteiger partial charge < -0.3 is 4.98 Å². The molecular formula is C9H11BrN4. The van der Waals surface area contributed by atoms with E-state index in [9.17, 15) is 0 Å². The highest BCUT2D eigenvalue weighted by molar-refractivity contribution is 9.10. The third kappa shape index (κ3) is 1.59. The number of nitrogens with one attached hydrogen (secondary N) is 1. The van der Waals surface area contributed by atoms with Crippen molar-refractivity contribution in [3.63, 3.8) is 0 Å². The molecule has 4 nitrogen and oxygen atoms in total. The van der Waals surface area contributed by atoms with E-state index in [0.717, 1.165) is 16.0 Å². The van der Waals surface area contributed by atoms with Crippen molar-refractivity contribution in [2.24, 2.45) is 0 Å². The molecule has 0 aliphatic rings. The highest BCUT2D eigenvalue weighted by Crippen LogP contribution is 2.23. The van der Waals surface area contributed by atoms with Gasteiger partial charge in [-0.05, 0) is 29.8 Å². The van der Waals surface area contributed by atoms with Crippen molar-refractivity contribution in [3.05, 3.63) is 23.2 Å². The fourth-order valence-electron chi connectivity index (χ4n) is 1.36. The molecule has 0 spiro atoms. The van der Waals surface area contributed by atoms with Crippen molar-refractivity contribution < 1.29 is 0 Å². The first-order valence-electron chi connectivity index (χ1n) is 4.42. The number of rotatable bonds is 2. The van der Waals surface area contributed by atoms with Crippen molar-refractivity contribution in [1.29, 1.82) is 0 Å². The number of hydrogen-bond acceptors (Lipinski definition) is 2. The second-order valence-corrected chi connectivity index (χ2v) is 4.17. The van der Waals surface area contributed by atoms with E-state index < -0.39 is 0 Å². The molecule has 0 unspecified atom stereocenters. The largest absolute Gasteiger partial charge is 0.343 e. The Labute approximate surface area is 90.5 Å². The van der Waals surface area contributed by atoms with E-state index in [1.807, 2.05) is 10.7 Å². The molecule has 2 aromatic heterocycles. The summed E-state index contributed by atoms with van der Waals surface area (Å²) < 4.78 is 2.80. The van der Waals surface area contributed by atoms with E-state index >= 15 is 0 Å². The van der Waals surface area contributed by atoms with Gasteiger partial charge in [-0.2, -0.15) is 5.10 Å². The Balaban J connectivity index is 2.52. The summed E-state index contributed by atoms with van der Waals surface area (Å²) in [5.41, 5.74) is 2.03. The predicted molar refractivity (Wildman–Crippen MR) is 57.9 cm³/mol. The van der Waals surface area contributed by atoms with Crippen LogP contribution in [0.4, 0.5) is 0 Å². The fraction of sp³-hybridized carbons (Fsp3) is 0.333. The summed E-state index contributed by atoms with van der Waals surface area (Å²) >= 11 is 3.37. The molecule has 0 amide bonds. The van der Waals surface area contributed by atoms with Crippen molar-refractivity contribution in [1.82, 2.24) is 19.7 Å². The van der Waals surface area contributed by atoms with Gasteiger partial charge >= 0.3 is 0 Å². The first-order chi connectivity index (χ1) is 6.68. The second kappa shape index (κ2) is 3.57. The number of aromatic nitrogens is 4. The van der Waals surface area contributed by atoms with Crippen LogP contribution in [0.15, 0.2) is 23.2 Å². The molecule has 2 heterocycles. The van der Waals surface area contributed by atoms with Gasteiger partial charge in [-0.15, -0.1) is 0 Å². The second-order valence-electron chi connectivity index (χ2n) is 3.36. The Hall–Kier alpha value is -1.10. The molecule has 0 saturated heterocycles. The van der Waals surface area contributed by atoms with Crippen LogP contribution in [-0.2, 0) is 0 Å². The quantitative estimate of drug-likeness (QED) is 0.896. The van der Waals surface area contributed by atoms with Crippen LogP contribution in [0.25, 0.3) is 11.4 Å². The summed E-state index contributed by atoms with van der Waals surface area (Å²) in [5.74, 6) is 0. The smallest absolute Gasteiger partial charge is 0.128 e. The minimum absolute atomic E-state index is 0.333. The van der Waals surface area contributed by atoms with Crippen LogP contribution in [0.2, 0.25) is 0 Å². The minimum atomic E-state index is 0.333. The SMILES string of the molecule is CC(C)n1nc(Br)cc1-c1cnc[nH]1. The molecule has 0 saturated carbocycles. The lowest BCUT2D eigenvalue weighted by Gasteiger charge is -2.08. The molecule has 0 radical (unpaired) electrons. The predicted octanol–water partition coefficient (Wildman–Crippen LogP) is 2.62. The number of H-pyrrole nitrogens is 1. The third-order valence-electron chi connectivity index (χ3n) is 1.97. The Morgan fingerprint density at radius 2 is 2.29 bits per heavy atom. The van der Waals surface area contributed by atoms with E-state index in [0.29, 0.717) is 6.04 Å². The molecule has 2 rings (SSSR count). The normalized spacial score (nSPS) is 11.1. The monoisotopic (exact) mass is 254 g/mol. The Morgan fingerprint density at radius 3 is 2.86 bits per heavy atom. The lowest BCUT2D eigenvalue weighted by molar-refractivity contribution is 0.535. The lowest BCUT2D eigenvalue weighted by Crippen LogP contribution is -2.04. The van der Waals surface area contributed by atoms with Crippen LogP contribution in [0.1, 0.15) is 19.9 Å². The van der Waals surface area contributed by atoms with E-state index in [1.54, 1.807) is 12.5 Å². The van der Waals surface area contributed by atoms with Gasteiger partial charge in [0.15, 0.2) is 0 Å². The first-order valence-corrected chi connectivity index (χ1v) is 5.21. The molecule has 0 atom stereocenters. The number of nitrogens with zero attached hydrogens (tertiary/aromatic N) is 3. The van der Waals surface area contributed by atoms with Crippen LogP contribution in [-0.4, -0.2) is 19.7 Å². The zero-order chi connectivity index (χ0) is 10.1. The first kappa shape index (κ1) is 9.45. The van der Waals surface area contributed by atoms with Crippen LogP contribution >= 0.6 is 15.9 Å². The Kier molecular flexibility index (Phi) is 2.41. The molecule has 74 valence electrons. The summed E-state index contributed by atoms with van der Waals surface area (Å²) in [6, 6.07) is 2.31. The standard InChI is InChI=1S/C9H11BrN4/c1-6(2)14-8(3-9(10)13-14)7-4-11-5-12-7/h3-6H,1-2H3,(H,11,12). The zero-order valence-electron chi connectivity index (χ0n) is 8.03. The molecule has 14 heavy (non-hydrogen) atoms. The Bertz CT molecular complexity index is 416. The summed E-state index contributed by atoms with van der Waals surface area (Å²) in [6.07, 6.45) is 3.46. The van der Waals surface area contributed by atoms with Crippen molar-refractivity contribution in [2.45, 2.75) is 19.9 Å². The highest BCUT2D eigenvalue weighted by Gasteiger charge is 2.11. The van der Waals surface area contributed by atoms with E-state index in [-0.39, 0.29) is 0 Å². The number of halogens is 1. The molecule has 0 aromatic carbocycles. The summed E-state index contributed by atoms with van der Waals surface area (Å²) in [5, 5.41) is 4.35. The highest BCUT2D eigenvalue weighted by atomic mass is 79.9. The maximum absolute atomic E-state index is 4.35. The average Bonchev–Trinajstić information content (AvgIpc) is 2.70. The number of imidazole rings is 1. The van der Waals surface area contributed by atoms with Crippen molar-refractivity contribution >= 4 is 15.9 Å². The van der Waals surface area contributed by atoms with Gasteiger partial charge in [0.1, 0.15) is 4.60 Å². The van der Waals surface area contributed by atoms with Crippen LogP contribution in [0, 0.1) is 0 Å². The summed E-state index contributed by atoms with van der Waals surface area (Å²) in [4.78, 5) is 7.07. The van der Waals surface area contributed by atoms with Crippen molar-refractivity contribution in [3.8, 4) is 11.4 Å². The topological polar surface area (TPSA) is 46.5 Å². The number of aromatic amines is 1. The van der Waals surface area contributed by atoms with Crippen LogP contribution < -0.4 is 0 Å². The molecule has 1 N–H and O–H groups in total. The molecule has 0 bridgehead atoms. The van der Waals surface area contributed by atoms with E-state index in [4.69, 9.17) is 0 Å². The van der Waals surface area contributed by atoms with Crippen molar-refractivity contribution in [2.75, 3.05) is 0 Å². The minimum Gasteiger partial charge on any atom is -0.343 e. The summed E-state index contributed by atoms with van der Waals surface area (Å²) in [6.45, 7) is 4.19. The van der Waals surface area contributed by atoms with Gasteiger partial charge in [-0.1, -0.05) is 0 Å². The van der Waals surface area contributed by atoms with Gasteiger partial charge in [0.25, 0.3) is 0 Å². The lowest BCUT2D eigenvalue weighted by atomic mass is 10.3. The maximum atomic E-state index is 4.35. The van der Waals surface area contributed by atoms with Gasteiger partial charge in [0, 0.05) is 12.1 Å². The van der Waals surface area contributed by atoms with Gasteiger partial charge in [-0.3, -0.25) is 4.68 Å². The molecule has 0 fully saturated rings. The summed E-state index contributed by atoms with van der Waals surface area (Å²) in [7, 11) is 0. The zero-order valence-corrected chi connectivity index (χ0v) is 9.62. The van der Waals surface area contributed by atoms with Gasteiger partial charge in [0.05, 0.1) is 23.9 Å². The third-order valence-corrected chi connectivity index (χ3v) is 2.36. The molecular weight excluding hydrogens is 244 g/mol. The van der Waals surface area contributed by atoms with E-state index in [2.05, 4.69) is 44.8 Å².